The molecule has 2 unspecified atom stereocenters. The summed E-state index contributed by atoms with van der Waals surface area (Å²) in [7, 11) is 0. The Morgan fingerprint density at radius 3 is 1.89 bits per heavy atom. The molecule has 0 heterocycles. The van der Waals surface area contributed by atoms with Gasteiger partial charge in [-0.3, -0.25) is 14.9 Å². The van der Waals surface area contributed by atoms with E-state index >= 15 is 0 Å². The van der Waals surface area contributed by atoms with Crippen LogP contribution in [0.15, 0.2) is 0 Å². The van der Waals surface area contributed by atoms with Crippen LogP contribution in [0.3, 0.4) is 0 Å². The summed E-state index contributed by atoms with van der Waals surface area (Å²) in [5.41, 5.74) is 0. The largest absolute Gasteiger partial charge is 0.480 e. The van der Waals surface area contributed by atoms with Crippen molar-refractivity contribution in [3.8, 4) is 0 Å². The van der Waals surface area contributed by atoms with Gasteiger partial charge in [0, 0.05) is 12.1 Å². The molecular formula is C14H28N2O3. The van der Waals surface area contributed by atoms with Crippen molar-refractivity contribution in [3.63, 3.8) is 0 Å². The fourth-order valence-electron chi connectivity index (χ4n) is 2.27. The first kappa shape index (κ1) is 17.9. The Bertz CT molecular complexity index is 295. The molecule has 0 rings (SSSR count). The number of hydrogen-bond donors (Lipinski definition) is 2. The zero-order valence-corrected chi connectivity index (χ0v) is 12.9. The topological polar surface area (TPSA) is 69.6 Å². The molecule has 0 saturated carbocycles. The number of carbonyl (C=O) groups is 2. The fraction of sp³-hybridized carbons (Fsp3) is 0.857. The Balaban J connectivity index is 4.74. The van der Waals surface area contributed by atoms with Crippen molar-refractivity contribution in [2.45, 2.75) is 78.6 Å². The summed E-state index contributed by atoms with van der Waals surface area (Å²) in [5, 5.41) is 12.0. The molecule has 5 heteroatoms. The molecule has 0 aliphatic rings. The zero-order valence-electron chi connectivity index (χ0n) is 12.9. The highest BCUT2D eigenvalue weighted by Crippen LogP contribution is 2.09. The number of nitrogens with one attached hydrogen (secondary N) is 1. The molecule has 112 valence electrons. The first-order valence-corrected chi connectivity index (χ1v) is 7.03. The Morgan fingerprint density at radius 1 is 1.11 bits per heavy atom. The molecule has 0 aliphatic heterocycles. The number of aliphatic carboxylic acids is 1. The van der Waals surface area contributed by atoms with Gasteiger partial charge in [-0.1, -0.05) is 13.3 Å². The average Bonchev–Trinajstić information content (AvgIpc) is 2.26. The highest BCUT2D eigenvalue weighted by Gasteiger charge is 2.28. The SMILES string of the molecule is CCCC(NC(C)C(=O)N(C(C)C)C(C)C)C(=O)O. The van der Waals surface area contributed by atoms with Gasteiger partial charge in [0.15, 0.2) is 0 Å². The maximum Gasteiger partial charge on any atom is 0.320 e. The number of carboxylic acid groups (broad SMARTS) is 1. The van der Waals surface area contributed by atoms with E-state index in [1.54, 1.807) is 11.8 Å². The lowest BCUT2D eigenvalue weighted by Crippen LogP contribution is -2.54. The molecule has 5 nitrogen and oxygen atoms in total. The van der Waals surface area contributed by atoms with Crippen LogP contribution in [0.2, 0.25) is 0 Å². The highest BCUT2D eigenvalue weighted by atomic mass is 16.4. The van der Waals surface area contributed by atoms with Gasteiger partial charge in [0.1, 0.15) is 6.04 Å². The molecule has 2 atom stereocenters. The molecule has 0 spiro atoms. The van der Waals surface area contributed by atoms with Crippen molar-refractivity contribution in [1.82, 2.24) is 10.2 Å². The van der Waals surface area contributed by atoms with Gasteiger partial charge in [0.2, 0.25) is 5.91 Å². The molecule has 0 fully saturated rings. The lowest BCUT2D eigenvalue weighted by molar-refractivity contribution is -0.141. The van der Waals surface area contributed by atoms with Gasteiger partial charge < -0.3 is 10.0 Å². The predicted molar refractivity (Wildman–Crippen MR) is 76.0 cm³/mol. The number of rotatable bonds is 8. The summed E-state index contributed by atoms with van der Waals surface area (Å²) in [6.45, 7) is 11.5. The van der Waals surface area contributed by atoms with E-state index in [1.165, 1.54) is 0 Å². The van der Waals surface area contributed by atoms with Crippen LogP contribution in [0.1, 0.15) is 54.4 Å². The van der Waals surface area contributed by atoms with E-state index in [9.17, 15) is 9.59 Å². The molecule has 1 amide bonds. The molecule has 0 aromatic carbocycles. The van der Waals surface area contributed by atoms with E-state index in [0.29, 0.717) is 6.42 Å². The smallest absolute Gasteiger partial charge is 0.320 e. The summed E-state index contributed by atoms with van der Waals surface area (Å²) in [4.78, 5) is 25.2. The van der Waals surface area contributed by atoms with Gasteiger partial charge in [-0.05, 0) is 41.0 Å². The lowest BCUT2D eigenvalue weighted by atomic mass is 10.1. The van der Waals surface area contributed by atoms with Crippen LogP contribution >= 0.6 is 0 Å². The standard InChI is InChI=1S/C14H28N2O3/c1-7-8-12(14(18)19)15-11(6)13(17)16(9(2)3)10(4)5/h9-12,15H,7-8H2,1-6H3,(H,18,19). The van der Waals surface area contributed by atoms with Crippen molar-refractivity contribution in [3.05, 3.63) is 0 Å². The zero-order chi connectivity index (χ0) is 15.2. The number of hydrogen-bond acceptors (Lipinski definition) is 3. The van der Waals surface area contributed by atoms with Crippen LogP contribution in [0.4, 0.5) is 0 Å². The number of nitrogens with zero attached hydrogens (tertiary/aromatic N) is 1. The Hall–Kier alpha value is -1.10. The van der Waals surface area contributed by atoms with Crippen molar-refractivity contribution in [2.24, 2.45) is 0 Å². The van der Waals surface area contributed by atoms with Gasteiger partial charge in [-0.25, -0.2) is 0 Å². The first-order valence-electron chi connectivity index (χ1n) is 7.03. The maximum atomic E-state index is 12.4. The predicted octanol–water partition coefficient (Wildman–Crippen LogP) is 1.86. The van der Waals surface area contributed by atoms with Crippen molar-refractivity contribution in [2.75, 3.05) is 0 Å². The number of carboxylic acids is 1. The second-order valence-corrected chi connectivity index (χ2v) is 5.50. The monoisotopic (exact) mass is 272 g/mol. The molecule has 0 bridgehead atoms. The van der Waals surface area contributed by atoms with Crippen LogP contribution in [0.25, 0.3) is 0 Å². The van der Waals surface area contributed by atoms with Crippen LogP contribution < -0.4 is 5.32 Å². The molecule has 0 aliphatic carbocycles. The second-order valence-electron chi connectivity index (χ2n) is 5.50. The Labute approximate surface area is 116 Å². The van der Waals surface area contributed by atoms with E-state index in [2.05, 4.69) is 5.32 Å². The minimum Gasteiger partial charge on any atom is -0.480 e. The van der Waals surface area contributed by atoms with Gasteiger partial charge in [0.05, 0.1) is 6.04 Å². The molecule has 0 saturated heterocycles. The summed E-state index contributed by atoms with van der Waals surface area (Å²) in [6.07, 6.45) is 1.29. The number of carbonyl (C=O) groups excluding carboxylic acids is 1. The summed E-state index contributed by atoms with van der Waals surface area (Å²) >= 11 is 0. The highest BCUT2D eigenvalue weighted by molar-refractivity contribution is 5.83. The lowest BCUT2D eigenvalue weighted by Gasteiger charge is -2.34. The van der Waals surface area contributed by atoms with Crippen LogP contribution in [-0.2, 0) is 9.59 Å². The third-order valence-electron chi connectivity index (χ3n) is 3.06. The second kappa shape index (κ2) is 8.15. The fourth-order valence-corrected chi connectivity index (χ4v) is 2.27. The van der Waals surface area contributed by atoms with Crippen molar-refractivity contribution in [1.29, 1.82) is 0 Å². The minimum atomic E-state index is -0.901. The molecule has 0 radical (unpaired) electrons. The van der Waals surface area contributed by atoms with Gasteiger partial charge in [0.25, 0.3) is 0 Å². The molecule has 0 aromatic rings. The summed E-state index contributed by atoms with van der Waals surface area (Å²) in [6, 6.07) is -0.944. The van der Waals surface area contributed by atoms with E-state index in [0.717, 1.165) is 6.42 Å². The maximum absolute atomic E-state index is 12.4. The summed E-state index contributed by atoms with van der Waals surface area (Å²) < 4.78 is 0. The van der Waals surface area contributed by atoms with Crippen molar-refractivity contribution < 1.29 is 14.7 Å². The third kappa shape index (κ3) is 5.59. The van der Waals surface area contributed by atoms with Gasteiger partial charge in [-0.2, -0.15) is 0 Å². The van der Waals surface area contributed by atoms with Crippen molar-refractivity contribution >= 4 is 11.9 Å². The quantitative estimate of drug-likeness (QED) is 0.707. The number of amides is 1. The van der Waals surface area contributed by atoms with E-state index in [4.69, 9.17) is 5.11 Å². The normalized spacial score (nSPS) is 14.5. The Kier molecular flexibility index (Phi) is 7.68. The van der Waals surface area contributed by atoms with E-state index in [-0.39, 0.29) is 18.0 Å². The van der Waals surface area contributed by atoms with Crippen LogP contribution in [-0.4, -0.2) is 46.1 Å². The third-order valence-corrected chi connectivity index (χ3v) is 3.06. The molecule has 0 aromatic heterocycles. The molecule has 19 heavy (non-hydrogen) atoms. The molecular weight excluding hydrogens is 244 g/mol. The Morgan fingerprint density at radius 2 is 1.58 bits per heavy atom. The average molecular weight is 272 g/mol. The van der Waals surface area contributed by atoms with E-state index in [1.807, 2.05) is 34.6 Å². The van der Waals surface area contributed by atoms with Gasteiger partial charge >= 0.3 is 5.97 Å². The van der Waals surface area contributed by atoms with Gasteiger partial charge in [-0.15, -0.1) is 0 Å². The minimum absolute atomic E-state index is 0.0487. The summed E-state index contributed by atoms with van der Waals surface area (Å²) in [5.74, 6) is -0.950. The van der Waals surface area contributed by atoms with Crippen LogP contribution in [0.5, 0.6) is 0 Å². The van der Waals surface area contributed by atoms with Crippen LogP contribution in [0, 0.1) is 0 Å². The molecule has 2 N–H and O–H groups in total. The first-order chi connectivity index (χ1) is 8.72. The van der Waals surface area contributed by atoms with E-state index < -0.39 is 18.1 Å².